The molecular weight excluding hydrogens is 314 g/mol. The lowest BCUT2D eigenvalue weighted by Gasteiger charge is -2.27. The Kier molecular flexibility index (Phi) is 8.06. The molecule has 2 rings (SSSR count). The number of anilines is 2. The fraction of sp³-hybridized carbons (Fsp3) is 0.529. The maximum absolute atomic E-state index is 12.2. The molecule has 23 heavy (non-hydrogen) atoms. The van der Waals surface area contributed by atoms with E-state index in [-0.39, 0.29) is 24.2 Å². The fourth-order valence-electron chi connectivity index (χ4n) is 2.96. The first-order chi connectivity index (χ1) is 10.5. The van der Waals surface area contributed by atoms with Crippen LogP contribution in [0.15, 0.2) is 24.3 Å². The summed E-state index contributed by atoms with van der Waals surface area (Å²) in [6.45, 7) is 5.72. The molecule has 5 nitrogen and oxygen atoms in total. The predicted octanol–water partition coefficient (Wildman–Crippen LogP) is 3.03. The molecule has 0 saturated carbocycles. The normalized spacial score (nSPS) is 16.1. The number of rotatable bonds is 5. The number of hydrogen-bond donors (Lipinski definition) is 3. The first-order valence-electron chi connectivity index (χ1n) is 7.93. The number of amides is 2. The van der Waals surface area contributed by atoms with Crippen molar-refractivity contribution in [2.75, 3.05) is 23.7 Å². The van der Waals surface area contributed by atoms with Crippen LogP contribution in [0.25, 0.3) is 0 Å². The van der Waals surface area contributed by atoms with Crippen LogP contribution in [0.4, 0.5) is 11.4 Å². The Morgan fingerprint density at radius 3 is 2.43 bits per heavy atom. The van der Waals surface area contributed by atoms with Crippen molar-refractivity contribution in [2.24, 2.45) is 11.8 Å². The van der Waals surface area contributed by atoms with Crippen molar-refractivity contribution < 1.29 is 9.59 Å². The van der Waals surface area contributed by atoms with Gasteiger partial charge in [0, 0.05) is 24.7 Å². The SMILES string of the molecule is CC(=O)Nc1cccc(NC(=O)CC(C)C2CCNCC2)c1.Cl. The molecule has 1 aliphatic rings. The Hall–Kier alpha value is -1.59. The standard InChI is InChI=1S/C17H25N3O2.ClH/c1-12(14-6-8-18-9-7-14)10-17(22)20-16-5-3-4-15(11-16)19-13(2)21;/h3-5,11-12,14,18H,6-10H2,1-2H3,(H,19,21)(H,20,22);1H. The molecule has 0 bridgehead atoms. The van der Waals surface area contributed by atoms with Crippen LogP contribution in [0.1, 0.15) is 33.1 Å². The van der Waals surface area contributed by atoms with Crippen LogP contribution >= 0.6 is 12.4 Å². The highest BCUT2D eigenvalue weighted by molar-refractivity contribution is 5.93. The monoisotopic (exact) mass is 339 g/mol. The third kappa shape index (κ3) is 6.59. The molecule has 1 aromatic rings. The van der Waals surface area contributed by atoms with E-state index in [4.69, 9.17) is 0 Å². The van der Waals surface area contributed by atoms with Crippen LogP contribution in [0, 0.1) is 11.8 Å². The number of nitrogens with one attached hydrogen (secondary N) is 3. The molecular formula is C17H26ClN3O2. The molecule has 128 valence electrons. The smallest absolute Gasteiger partial charge is 0.224 e. The van der Waals surface area contributed by atoms with Gasteiger partial charge in [0.25, 0.3) is 0 Å². The summed E-state index contributed by atoms with van der Waals surface area (Å²) >= 11 is 0. The van der Waals surface area contributed by atoms with Gasteiger partial charge in [0.1, 0.15) is 0 Å². The summed E-state index contributed by atoms with van der Waals surface area (Å²) < 4.78 is 0. The first kappa shape index (κ1) is 19.5. The summed E-state index contributed by atoms with van der Waals surface area (Å²) in [7, 11) is 0. The number of hydrogen-bond acceptors (Lipinski definition) is 3. The molecule has 3 N–H and O–H groups in total. The van der Waals surface area contributed by atoms with Crippen molar-refractivity contribution in [1.29, 1.82) is 0 Å². The lowest BCUT2D eigenvalue weighted by atomic mass is 9.84. The molecule has 6 heteroatoms. The van der Waals surface area contributed by atoms with Crippen LogP contribution in [-0.2, 0) is 9.59 Å². The number of halogens is 1. The van der Waals surface area contributed by atoms with Gasteiger partial charge in [0.05, 0.1) is 0 Å². The average Bonchev–Trinajstić information content (AvgIpc) is 2.47. The van der Waals surface area contributed by atoms with E-state index in [0.717, 1.165) is 25.9 Å². The molecule has 2 amide bonds. The Labute approximate surface area is 144 Å². The summed E-state index contributed by atoms with van der Waals surface area (Å²) in [5.74, 6) is 0.923. The maximum Gasteiger partial charge on any atom is 0.224 e. The number of piperidine rings is 1. The summed E-state index contributed by atoms with van der Waals surface area (Å²) in [6.07, 6.45) is 2.83. The zero-order valence-electron chi connectivity index (χ0n) is 13.7. The van der Waals surface area contributed by atoms with E-state index in [0.29, 0.717) is 29.6 Å². The average molecular weight is 340 g/mol. The van der Waals surface area contributed by atoms with Gasteiger partial charge in [-0.05, 0) is 56.0 Å². The number of carbonyl (C=O) groups is 2. The van der Waals surface area contributed by atoms with E-state index >= 15 is 0 Å². The third-order valence-corrected chi connectivity index (χ3v) is 4.16. The van der Waals surface area contributed by atoms with Gasteiger partial charge < -0.3 is 16.0 Å². The molecule has 1 atom stereocenters. The zero-order chi connectivity index (χ0) is 15.9. The van der Waals surface area contributed by atoms with E-state index in [1.165, 1.54) is 6.92 Å². The van der Waals surface area contributed by atoms with E-state index in [1.54, 1.807) is 12.1 Å². The van der Waals surface area contributed by atoms with Crippen molar-refractivity contribution >= 4 is 35.6 Å². The molecule has 1 unspecified atom stereocenters. The Morgan fingerprint density at radius 1 is 1.22 bits per heavy atom. The van der Waals surface area contributed by atoms with E-state index in [9.17, 15) is 9.59 Å². The Bertz CT molecular complexity index is 530. The van der Waals surface area contributed by atoms with Gasteiger partial charge >= 0.3 is 0 Å². The largest absolute Gasteiger partial charge is 0.326 e. The van der Waals surface area contributed by atoms with Gasteiger partial charge in [-0.3, -0.25) is 9.59 Å². The summed E-state index contributed by atoms with van der Waals surface area (Å²) in [5.41, 5.74) is 1.41. The Morgan fingerprint density at radius 2 is 1.83 bits per heavy atom. The Balaban J connectivity index is 0.00000264. The highest BCUT2D eigenvalue weighted by Gasteiger charge is 2.22. The number of carbonyl (C=O) groups excluding carboxylic acids is 2. The van der Waals surface area contributed by atoms with Crippen LogP contribution in [0.3, 0.4) is 0 Å². The lowest BCUT2D eigenvalue weighted by Crippen LogP contribution is -2.32. The minimum Gasteiger partial charge on any atom is -0.326 e. The van der Waals surface area contributed by atoms with Gasteiger partial charge in [-0.1, -0.05) is 13.0 Å². The molecule has 1 fully saturated rings. The summed E-state index contributed by atoms with van der Waals surface area (Å²) in [4.78, 5) is 23.2. The predicted molar refractivity (Wildman–Crippen MR) is 96.0 cm³/mol. The quantitative estimate of drug-likeness (QED) is 0.772. The second kappa shape index (κ2) is 9.53. The van der Waals surface area contributed by atoms with E-state index < -0.39 is 0 Å². The first-order valence-corrected chi connectivity index (χ1v) is 7.93. The van der Waals surface area contributed by atoms with Crippen molar-refractivity contribution in [1.82, 2.24) is 5.32 Å². The molecule has 1 saturated heterocycles. The number of benzene rings is 1. The van der Waals surface area contributed by atoms with Crippen LogP contribution in [0.5, 0.6) is 0 Å². The molecule has 0 aliphatic carbocycles. The molecule has 1 aromatic carbocycles. The molecule has 1 heterocycles. The molecule has 1 aliphatic heterocycles. The van der Waals surface area contributed by atoms with Gasteiger partial charge in [-0.25, -0.2) is 0 Å². The van der Waals surface area contributed by atoms with Gasteiger partial charge in [0.15, 0.2) is 0 Å². The van der Waals surface area contributed by atoms with Crippen molar-refractivity contribution in [3.63, 3.8) is 0 Å². The van der Waals surface area contributed by atoms with Crippen LogP contribution < -0.4 is 16.0 Å². The maximum atomic E-state index is 12.2. The lowest BCUT2D eigenvalue weighted by molar-refractivity contribution is -0.117. The highest BCUT2D eigenvalue weighted by atomic mass is 35.5. The summed E-state index contributed by atoms with van der Waals surface area (Å²) in [6, 6.07) is 7.22. The second-order valence-corrected chi connectivity index (χ2v) is 6.08. The molecule has 0 spiro atoms. The molecule has 0 radical (unpaired) electrons. The van der Waals surface area contributed by atoms with Crippen LogP contribution in [0.2, 0.25) is 0 Å². The minimum absolute atomic E-state index is 0. The second-order valence-electron chi connectivity index (χ2n) is 6.08. The highest BCUT2D eigenvalue weighted by Crippen LogP contribution is 2.25. The topological polar surface area (TPSA) is 70.2 Å². The molecule has 0 aromatic heterocycles. The minimum atomic E-state index is -0.122. The van der Waals surface area contributed by atoms with E-state index in [1.807, 2.05) is 12.1 Å². The van der Waals surface area contributed by atoms with Crippen molar-refractivity contribution in [2.45, 2.75) is 33.1 Å². The zero-order valence-corrected chi connectivity index (χ0v) is 14.5. The van der Waals surface area contributed by atoms with Crippen molar-refractivity contribution in [3.8, 4) is 0 Å². The van der Waals surface area contributed by atoms with Crippen LogP contribution in [-0.4, -0.2) is 24.9 Å². The van der Waals surface area contributed by atoms with Gasteiger partial charge in [0.2, 0.25) is 11.8 Å². The van der Waals surface area contributed by atoms with Crippen molar-refractivity contribution in [3.05, 3.63) is 24.3 Å². The summed E-state index contributed by atoms with van der Waals surface area (Å²) in [5, 5.41) is 8.98. The fourth-order valence-corrected chi connectivity index (χ4v) is 2.96. The van der Waals surface area contributed by atoms with Gasteiger partial charge in [-0.15, -0.1) is 12.4 Å². The van der Waals surface area contributed by atoms with Gasteiger partial charge in [-0.2, -0.15) is 0 Å². The van der Waals surface area contributed by atoms with E-state index in [2.05, 4.69) is 22.9 Å². The third-order valence-electron chi connectivity index (χ3n) is 4.16.